The number of likely N-dealkylation sites (tertiary alicyclic amines) is 4. The first-order valence-electron chi connectivity index (χ1n) is 26.7. The Hall–Kier alpha value is -4.56. The third-order valence-electron chi connectivity index (χ3n) is 11.6. The molecule has 29 nitrogen and oxygen atoms in total. The quantitative estimate of drug-likeness (QED) is 0.0502. The van der Waals surface area contributed by atoms with E-state index in [9.17, 15) is 63.3 Å². The number of nitrogens with two attached hydrogens (primary N) is 1. The van der Waals surface area contributed by atoms with Crippen LogP contribution in [0.3, 0.4) is 0 Å². The second-order valence-corrected chi connectivity index (χ2v) is 21.6. The van der Waals surface area contributed by atoms with E-state index in [4.69, 9.17) is 44.4 Å². The molecule has 0 aromatic rings. The zero-order valence-corrected chi connectivity index (χ0v) is 50.5. The van der Waals surface area contributed by atoms with Gasteiger partial charge in [0.2, 0.25) is 23.6 Å². The Bertz CT molecular complexity index is 2050. The van der Waals surface area contributed by atoms with E-state index in [0.717, 1.165) is 18.1 Å². The Balaban J connectivity index is -0.0000000877. The van der Waals surface area contributed by atoms with Crippen molar-refractivity contribution in [1.29, 1.82) is 0 Å². The Morgan fingerprint density at radius 1 is 0.538 bits per heavy atom. The standard InChI is InChI=1S/C14H24N2O6.C14H22N2O6.C12H22N2O5.C7H14N2O3.C4H8O.8CH4.Al.ClH.Li.4H/c2*1-5-21-12(19)11-9(17)6-7-16(11)10(18)8-15-13(20)22-14(2,3)4;1-12(2,3)19-11(18)13-6-10(17)14-5-4-9(16)8(14)7-15;8-3-7(12)9-2-1-6(11)5(9)4-10;1-2-4-5-3-1;;;;;;;;;;;;;;;/h9,11,17H,5-8H2,1-4H3,(H,15,20);11H,5-8H2,1-4H3,(H,15,20);8-9,15-16H,4-7H2,1-3H3,(H,13,18);5-6,10-11H,1-4,8H2;1-4H2;8*1H4;;1H;;;;;/q;;;;;;;;;;;;;;;+1;;;;-1/t9-,11+;;8-,9-;5-,6-;;;;;;;;;;;;;;;;/m0.00................/s1. The van der Waals surface area contributed by atoms with Crippen molar-refractivity contribution in [2.24, 2.45) is 5.73 Å². The molecule has 5 fully saturated rings. The van der Waals surface area contributed by atoms with Gasteiger partial charge >= 0.3 is 49.1 Å². The van der Waals surface area contributed by atoms with Crippen LogP contribution in [0, 0.1) is 0 Å². The number of ketones is 1. The summed E-state index contributed by atoms with van der Waals surface area (Å²) in [7, 11) is 0. The smallest absolute Gasteiger partial charge is 1.00 e. The predicted octanol–water partition coefficient (Wildman–Crippen LogP) is -0.115. The maximum absolute atomic E-state index is 12.1. The molecule has 1 unspecified atom stereocenters. The summed E-state index contributed by atoms with van der Waals surface area (Å²) in [5, 5.41) is 53.7. The number of halogens is 1. The minimum atomic E-state index is -1.21. The third-order valence-corrected chi connectivity index (χ3v) is 11.6. The van der Waals surface area contributed by atoms with E-state index < -0.39 is 101 Å². The molecule has 540 valence electrons. The molecule has 0 aromatic carbocycles. The number of alkyl carbamates (subject to hydrolysis) is 3. The molecule has 0 spiro atoms. The molecule has 5 aliphatic heterocycles. The minimum absolute atomic E-state index is 0. The molecule has 5 rings (SSSR count). The SMILES string of the molecule is C.C.C.C.C.C.C.C.C1CCOC1.CC(C)(C)OC(=O)NCC(=O)N1CC[C@H](O)[C@@H]1CO.CCOC(=O)C1C(=O)CCN1C(=O)CNC(=O)OC(C)(C)C.CCOC(=O)[C@H]1[C@@H](O)CCN1C(=O)CNC(=O)OC(C)(C)C.Cl.NCC(=O)N1CC[C@H](O)[C@@H]1CO.[AlH3].[H-].[Li+]. The fourth-order valence-corrected chi connectivity index (χ4v) is 8.04. The summed E-state index contributed by atoms with van der Waals surface area (Å²) < 4.78 is 29.6. The van der Waals surface area contributed by atoms with Crippen molar-refractivity contribution < 1.29 is 122 Å². The molecule has 5 heterocycles. The number of hydrogen-bond donors (Lipinski definition) is 9. The summed E-state index contributed by atoms with van der Waals surface area (Å²) in [6.07, 6.45) is -0.483. The molecule has 0 aromatic heterocycles. The third kappa shape index (κ3) is 42.4. The van der Waals surface area contributed by atoms with E-state index in [1.165, 1.54) is 27.5 Å². The number of esters is 2. The zero-order chi connectivity index (χ0) is 61.1. The maximum Gasteiger partial charge on any atom is 1.00 e. The molecular formula is C59H127AlClLiN8O21. The summed E-state index contributed by atoms with van der Waals surface area (Å²) in [5.41, 5.74) is 3.20. The van der Waals surface area contributed by atoms with Gasteiger partial charge in [-0.25, -0.2) is 24.0 Å². The van der Waals surface area contributed by atoms with Crippen molar-refractivity contribution >= 4 is 89.4 Å². The first-order chi connectivity index (χ1) is 37.2. The van der Waals surface area contributed by atoms with Gasteiger partial charge in [0.25, 0.3) is 0 Å². The van der Waals surface area contributed by atoms with Crippen molar-refractivity contribution in [3.63, 3.8) is 0 Å². The minimum Gasteiger partial charge on any atom is -1.00 e. The number of carbonyl (C=O) groups is 10. The van der Waals surface area contributed by atoms with E-state index >= 15 is 0 Å². The van der Waals surface area contributed by atoms with Crippen LogP contribution in [0.5, 0.6) is 0 Å². The summed E-state index contributed by atoms with van der Waals surface area (Å²) in [6.45, 7) is 20.8. The van der Waals surface area contributed by atoms with E-state index in [1.54, 1.807) is 76.2 Å². The number of aliphatic hydroxyl groups is 5. The van der Waals surface area contributed by atoms with E-state index in [2.05, 4.69) is 16.0 Å². The number of nitrogens with one attached hydrogen (secondary N) is 3. The van der Waals surface area contributed by atoms with Gasteiger partial charge in [-0.2, -0.15) is 0 Å². The van der Waals surface area contributed by atoms with Crippen molar-refractivity contribution in [2.75, 3.05) is 92.0 Å². The predicted molar refractivity (Wildman–Crippen MR) is 355 cm³/mol. The molecule has 0 aliphatic carbocycles. The molecule has 7 atom stereocenters. The molecule has 0 radical (unpaired) electrons. The van der Waals surface area contributed by atoms with Crippen LogP contribution in [0.15, 0.2) is 0 Å². The molecule has 5 saturated heterocycles. The topological polar surface area (TPSA) is 402 Å². The van der Waals surface area contributed by atoms with Crippen LogP contribution >= 0.6 is 12.4 Å². The van der Waals surface area contributed by atoms with Crippen molar-refractivity contribution in [3.05, 3.63) is 0 Å². The average molecular weight is 1350 g/mol. The molecule has 0 bridgehead atoms. The number of Topliss-reactive ketones (excluding diaryl/α,β-unsaturated/α-hetero) is 1. The van der Waals surface area contributed by atoms with Crippen molar-refractivity contribution in [2.45, 2.75) is 233 Å². The Morgan fingerprint density at radius 2 is 0.857 bits per heavy atom. The van der Waals surface area contributed by atoms with Gasteiger partial charge in [0.05, 0.1) is 63.4 Å². The van der Waals surface area contributed by atoms with Crippen LogP contribution in [-0.2, 0) is 62.0 Å². The van der Waals surface area contributed by atoms with Crippen LogP contribution in [0.1, 0.15) is 176 Å². The van der Waals surface area contributed by atoms with Gasteiger partial charge in [-0.3, -0.25) is 24.0 Å². The number of aliphatic hydroxyl groups excluding tert-OH is 5. The second-order valence-electron chi connectivity index (χ2n) is 21.6. The number of nitrogens with zero attached hydrogens (tertiary/aromatic N) is 4. The molecule has 7 amide bonds. The normalized spacial score (nSPS) is 19.6. The number of hydrogen-bond acceptors (Lipinski definition) is 22. The van der Waals surface area contributed by atoms with Gasteiger partial charge < -0.3 is 96.7 Å². The number of ether oxygens (including phenoxy) is 6. The largest absolute Gasteiger partial charge is 1.00 e. The first-order valence-corrected chi connectivity index (χ1v) is 26.7. The molecule has 10 N–H and O–H groups in total. The van der Waals surface area contributed by atoms with Crippen LogP contribution in [0.2, 0.25) is 0 Å². The monoisotopic (exact) mass is 1350 g/mol. The fraction of sp³-hybridized carbons (Fsp3) is 0.831. The molecule has 5 aliphatic rings. The average Bonchev–Trinajstić information content (AvgIpc) is 4.24. The van der Waals surface area contributed by atoms with Crippen molar-refractivity contribution in [1.82, 2.24) is 35.6 Å². The number of amides is 7. The maximum atomic E-state index is 12.1. The van der Waals surface area contributed by atoms with E-state index in [-0.39, 0.29) is 199 Å². The van der Waals surface area contributed by atoms with Gasteiger partial charge in [-0.15, -0.1) is 12.4 Å². The summed E-state index contributed by atoms with van der Waals surface area (Å²) in [5.74, 6) is -3.31. The van der Waals surface area contributed by atoms with E-state index in [0.29, 0.717) is 32.4 Å². The van der Waals surface area contributed by atoms with Crippen LogP contribution in [-0.4, -0.2) is 273 Å². The fourth-order valence-electron chi connectivity index (χ4n) is 8.04. The van der Waals surface area contributed by atoms with Crippen LogP contribution in [0.25, 0.3) is 0 Å². The first kappa shape index (κ1) is 111. The van der Waals surface area contributed by atoms with Crippen molar-refractivity contribution in [3.8, 4) is 0 Å². The molecule has 32 heteroatoms. The van der Waals surface area contributed by atoms with Gasteiger partial charge in [-0.1, -0.05) is 59.4 Å². The zero-order valence-electron chi connectivity index (χ0n) is 50.7. The van der Waals surface area contributed by atoms with Gasteiger partial charge in [-0.05, 0) is 108 Å². The molecule has 91 heavy (non-hydrogen) atoms. The summed E-state index contributed by atoms with van der Waals surface area (Å²) in [6, 6.07) is -3.28. The van der Waals surface area contributed by atoms with Crippen LogP contribution in [0.4, 0.5) is 14.4 Å². The number of rotatable bonds is 13. The van der Waals surface area contributed by atoms with E-state index in [1.807, 2.05) is 0 Å². The Labute approximate surface area is 575 Å². The molecule has 0 saturated carbocycles. The second kappa shape index (κ2) is 54.8. The Kier molecular flexibility index (Phi) is 66.8. The van der Waals surface area contributed by atoms with Gasteiger partial charge in [0, 0.05) is 45.8 Å². The Morgan fingerprint density at radius 3 is 1.18 bits per heavy atom. The summed E-state index contributed by atoms with van der Waals surface area (Å²) >= 11 is 0. The van der Waals surface area contributed by atoms with Gasteiger partial charge in [0.1, 0.15) is 36.4 Å². The van der Waals surface area contributed by atoms with Gasteiger partial charge in [0.15, 0.2) is 35.2 Å². The number of carbonyl (C=O) groups excluding carboxylic acids is 10. The summed E-state index contributed by atoms with van der Waals surface area (Å²) in [4.78, 5) is 122. The van der Waals surface area contributed by atoms with Crippen LogP contribution < -0.4 is 40.5 Å². The molecular weight excluding hydrogens is 1230 g/mol.